The maximum absolute atomic E-state index is 12.5. The van der Waals surface area contributed by atoms with Crippen LogP contribution in [0.25, 0.3) is 6.08 Å². The molecule has 6 nitrogen and oxygen atoms in total. The van der Waals surface area contributed by atoms with Gasteiger partial charge in [-0.15, -0.1) is 0 Å². The molecule has 0 N–H and O–H groups in total. The van der Waals surface area contributed by atoms with Crippen molar-refractivity contribution in [1.82, 2.24) is 9.80 Å². The van der Waals surface area contributed by atoms with E-state index in [0.717, 1.165) is 39.0 Å². The van der Waals surface area contributed by atoms with E-state index in [0.29, 0.717) is 11.6 Å². The zero-order valence-electron chi connectivity index (χ0n) is 13.8. The molecule has 0 aromatic heterocycles. The van der Waals surface area contributed by atoms with Crippen molar-refractivity contribution in [3.8, 4) is 0 Å². The van der Waals surface area contributed by atoms with Gasteiger partial charge in [0.1, 0.15) is 0 Å². The highest BCUT2D eigenvalue weighted by molar-refractivity contribution is 5.92. The van der Waals surface area contributed by atoms with E-state index < -0.39 is 4.92 Å². The molecule has 2 saturated heterocycles. The van der Waals surface area contributed by atoms with Gasteiger partial charge < -0.3 is 4.90 Å². The van der Waals surface area contributed by atoms with Gasteiger partial charge in [-0.25, -0.2) is 0 Å². The molecule has 1 amide bonds. The highest BCUT2D eigenvalue weighted by atomic mass is 16.6. The van der Waals surface area contributed by atoms with Crippen LogP contribution < -0.4 is 0 Å². The molecule has 128 valence electrons. The van der Waals surface area contributed by atoms with Crippen molar-refractivity contribution < 1.29 is 9.72 Å². The zero-order valence-corrected chi connectivity index (χ0v) is 13.8. The average Bonchev–Trinajstić information content (AvgIpc) is 3.14. The van der Waals surface area contributed by atoms with Crippen molar-refractivity contribution in [3.05, 3.63) is 46.0 Å². The SMILES string of the molecule is O=C(/C=C/c1ccccc1[N+](=O)[O-])N1CCCC(N2CCCC2)C1. The van der Waals surface area contributed by atoms with Crippen LogP contribution in [0, 0.1) is 10.1 Å². The molecular weight excluding hydrogens is 306 g/mol. The largest absolute Gasteiger partial charge is 0.338 e. The zero-order chi connectivity index (χ0) is 16.9. The third kappa shape index (κ3) is 3.82. The highest BCUT2D eigenvalue weighted by Crippen LogP contribution is 2.22. The third-order valence-corrected chi connectivity index (χ3v) is 4.90. The number of carbonyl (C=O) groups is 1. The Kier molecular flexibility index (Phi) is 5.25. The predicted molar refractivity (Wildman–Crippen MR) is 92.5 cm³/mol. The van der Waals surface area contributed by atoms with Crippen LogP contribution in [0.3, 0.4) is 0 Å². The lowest BCUT2D eigenvalue weighted by Crippen LogP contribution is -2.48. The summed E-state index contributed by atoms with van der Waals surface area (Å²) in [6, 6.07) is 6.94. The summed E-state index contributed by atoms with van der Waals surface area (Å²) in [5, 5.41) is 11.0. The first-order chi connectivity index (χ1) is 11.6. The van der Waals surface area contributed by atoms with Gasteiger partial charge in [-0.2, -0.15) is 0 Å². The first-order valence-corrected chi connectivity index (χ1v) is 8.59. The molecule has 0 spiro atoms. The molecular formula is C18H23N3O3. The van der Waals surface area contributed by atoms with Crippen LogP contribution in [0.5, 0.6) is 0 Å². The summed E-state index contributed by atoms with van der Waals surface area (Å²) in [5.74, 6) is -0.0583. The molecule has 0 radical (unpaired) electrons. The van der Waals surface area contributed by atoms with Crippen LogP contribution in [0.4, 0.5) is 5.69 Å². The third-order valence-electron chi connectivity index (χ3n) is 4.90. The fraction of sp³-hybridized carbons (Fsp3) is 0.500. The summed E-state index contributed by atoms with van der Waals surface area (Å²) < 4.78 is 0. The van der Waals surface area contributed by atoms with E-state index in [1.807, 2.05) is 4.90 Å². The minimum absolute atomic E-state index is 0.0233. The Hall–Kier alpha value is -2.21. The first-order valence-electron chi connectivity index (χ1n) is 8.59. The number of hydrogen-bond acceptors (Lipinski definition) is 4. The molecule has 6 heteroatoms. The standard InChI is InChI=1S/C18H23N3O3/c22-18(10-9-15-6-1-2-8-17(15)21(23)24)20-13-5-7-16(14-20)19-11-3-4-12-19/h1-2,6,8-10,16H,3-5,7,11-14H2/b10-9+. The quantitative estimate of drug-likeness (QED) is 0.484. The summed E-state index contributed by atoms with van der Waals surface area (Å²) in [6.07, 6.45) is 7.70. The normalized spacial score (nSPS) is 22.2. The Morgan fingerprint density at radius 3 is 2.67 bits per heavy atom. The van der Waals surface area contributed by atoms with Crippen LogP contribution in [0.2, 0.25) is 0 Å². The van der Waals surface area contributed by atoms with Crippen LogP contribution >= 0.6 is 0 Å². The van der Waals surface area contributed by atoms with Gasteiger partial charge in [0.25, 0.3) is 5.69 Å². The summed E-state index contributed by atoms with van der Waals surface area (Å²) in [4.78, 5) is 27.4. The Morgan fingerprint density at radius 2 is 1.92 bits per heavy atom. The molecule has 2 heterocycles. The first kappa shape index (κ1) is 16.6. The van der Waals surface area contributed by atoms with Crippen LogP contribution in [-0.4, -0.2) is 52.9 Å². The number of nitro groups is 1. The lowest BCUT2D eigenvalue weighted by molar-refractivity contribution is -0.385. The Morgan fingerprint density at radius 1 is 1.17 bits per heavy atom. The van der Waals surface area contributed by atoms with E-state index >= 15 is 0 Å². The summed E-state index contributed by atoms with van der Waals surface area (Å²) in [6.45, 7) is 3.81. The van der Waals surface area contributed by atoms with Crippen molar-refractivity contribution in [2.24, 2.45) is 0 Å². The number of benzene rings is 1. The van der Waals surface area contributed by atoms with Crippen LogP contribution in [0.1, 0.15) is 31.2 Å². The van der Waals surface area contributed by atoms with Gasteiger partial charge in [0.05, 0.1) is 10.5 Å². The molecule has 2 aliphatic rings. The molecule has 2 aliphatic heterocycles. The second-order valence-corrected chi connectivity index (χ2v) is 6.47. The summed E-state index contributed by atoms with van der Waals surface area (Å²) >= 11 is 0. The number of likely N-dealkylation sites (tertiary alicyclic amines) is 2. The van der Waals surface area contributed by atoms with E-state index in [-0.39, 0.29) is 11.6 Å². The fourth-order valence-corrected chi connectivity index (χ4v) is 3.62. The van der Waals surface area contributed by atoms with Gasteiger partial charge in [0, 0.05) is 31.3 Å². The van der Waals surface area contributed by atoms with E-state index in [9.17, 15) is 14.9 Å². The summed E-state index contributed by atoms with van der Waals surface area (Å²) in [7, 11) is 0. The van der Waals surface area contributed by atoms with Crippen molar-refractivity contribution in [2.45, 2.75) is 31.7 Å². The number of hydrogen-bond donors (Lipinski definition) is 0. The van der Waals surface area contributed by atoms with Gasteiger partial charge in [-0.1, -0.05) is 12.1 Å². The molecule has 1 aromatic carbocycles. The smallest absolute Gasteiger partial charge is 0.276 e. The number of nitrogens with zero attached hydrogens (tertiary/aromatic N) is 3. The van der Waals surface area contributed by atoms with E-state index in [1.54, 1.807) is 24.3 Å². The number of piperidine rings is 1. The fourth-order valence-electron chi connectivity index (χ4n) is 3.62. The van der Waals surface area contributed by atoms with Gasteiger partial charge in [-0.3, -0.25) is 19.8 Å². The van der Waals surface area contributed by atoms with E-state index in [1.165, 1.54) is 25.0 Å². The van der Waals surface area contributed by atoms with Crippen molar-refractivity contribution in [2.75, 3.05) is 26.2 Å². The van der Waals surface area contributed by atoms with Crippen molar-refractivity contribution in [3.63, 3.8) is 0 Å². The molecule has 0 saturated carbocycles. The molecule has 1 unspecified atom stereocenters. The minimum atomic E-state index is -0.422. The highest BCUT2D eigenvalue weighted by Gasteiger charge is 2.28. The van der Waals surface area contributed by atoms with Crippen molar-refractivity contribution in [1.29, 1.82) is 0 Å². The Labute approximate surface area is 141 Å². The van der Waals surface area contributed by atoms with E-state index in [2.05, 4.69) is 4.90 Å². The van der Waals surface area contributed by atoms with Gasteiger partial charge in [0.2, 0.25) is 5.91 Å². The second kappa shape index (κ2) is 7.57. The van der Waals surface area contributed by atoms with Crippen LogP contribution in [-0.2, 0) is 4.79 Å². The lowest BCUT2D eigenvalue weighted by Gasteiger charge is -2.37. The average molecular weight is 329 g/mol. The predicted octanol–water partition coefficient (Wildman–Crippen LogP) is 2.69. The number of para-hydroxylation sites is 1. The minimum Gasteiger partial charge on any atom is -0.338 e. The Balaban J connectivity index is 1.65. The number of rotatable bonds is 4. The lowest BCUT2D eigenvalue weighted by atomic mass is 10.0. The Bertz CT molecular complexity index is 638. The molecule has 24 heavy (non-hydrogen) atoms. The maximum atomic E-state index is 12.5. The van der Waals surface area contributed by atoms with Crippen LogP contribution in [0.15, 0.2) is 30.3 Å². The monoisotopic (exact) mass is 329 g/mol. The van der Waals surface area contributed by atoms with E-state index in [4.69, 9.17) is 0 Å². The van der Waals surface area contributed by atoms with Crippen molar-refractivity contribution >= 4 is 17.7 Å². The number of carbonyl (C=O) groups excluding carboxylic acids is 1. The maximum Gasteiger partial charge on any atom is 0.276 e. The van der Waals surface area contributed by atoms with Gasteiger partial charge in [0.15, 0.2) is 0 Å². The molecule has 2 fully saturated rings. The topological polar surface area (TPSA) is 66.7 Å². The summed E-state index contributed by atoms with van der Waals surface area (Å²) in [5.41, 5.74) is 0.485. The second-order valence-electron chi connectivity index (χ2n) is 6.47. The molecule has 1 atom stereocenters. The number of amides is 1. The molecule has 1 aromatic rings. The molecule has 3 rings (SSSR count). The molecule has 0 bridgehead atoms. The van der Waals surface area contributed by atoms with Gasteiger partial charge in [-0.05, 0) is 50.9 Å². The van der Waals surface area contributed by atoms with Gasteiger partial charge >= 0.3 is 0 Å². The molecule has 0 aliphatic carbocycles. The number of nitro benzene ring substituents is 1.